The Labute approximate surface area is 149 Å². The van der Waals surface area contributed by atoms with E-state index in [2.05, 4.69) is 0 Å². The second-order valence-electron chi connectivity index (χ2n) is 7.54. The zero-order valence-electron chi connectivity index (χ0n) is 14.6. The van der Waals surface area contributed by atoms with Gasteiger partial charge in [0.1, 0.15) is 6.04 Å². The van der Waals surface area contributed by atoms with E-state index in [0.717, 1.165) is 32.1 Å². The Morgan fingerprint density at radius 1 is 0.880 bits per heavy atom. The number of amides is 1. The molecule has 3 aliphatic rings. The SMILES string of the molecule is O=C(O)C1CCCCN1S(=O)(=O)C1CCCN(C(=O)C2CCCC2)C1. The lowest BCUT2D eigenvalue weighted by Crippen LogP contribution is -2.55. The van der Waals surface area contributed by atoms with Crippen molar-refractivity contribution in [2.24, 2.45) is 5.92 Å². The lowest BCUT2D eigenvalue weighted by molar-refractivity contribution is -0.142. The van der Waals surface area contributed by atoms with Crippen molar-refractivity contribution in [1.82, 2.24) is 9.21 Å². The van der Waals surface area contributed by atoms with Gasteiger partial charge in [-0.25, -0.2) is 8.42 Å². The summed E-state index contributed by atoms with van der Waals surface area (Å²) in [6.45, 7) is 1.09. The number of carboxylic acids is 1. The fourth-order valence-corrected chi connectivity index (χ4v) is 6.61. The molecule has 1 amide bonds. The molecule has 1 saturated carbocycles. The van der Waals surface area contributed by atoms with Gasteiger partial charge in [0.05, 0.1) is 5.25 Å². The van der Waals surface area contributed by atoms with Crippen LogP contribution in [-0.4, -0.2) is 65.5 Å². The van der Waals surface area contributed by atoms with Gasteiger partial charge in [-0.1, -0.05) is 12.8 Å². The molecule has 2 unspecified atom stereocenters. The lowest BCUT2D eigenvalue weighted by atomic mass is 10.0. The maximum Gasteiger partial charge on any atom is 0.322 e. The number of hydrogen-bond acceptors (Lipinski definition) is 4. The topological polar surface area (TPSA) is 95.0 Å². The highest BCUT2D eigenvalue weighted by Crippen LogP contribution is 2.30. The molecular formula is C17H28N2O5S. The summed E-state index contributed by atoms with van der Waals surface area (Å²) in [5, 5.41) is 8.71. The van der Waals surface area contributed by atoms with E-state index in [-0.39, 0.29) is 24.9 Å². The molecule has 7 nitrogen and oxygen atoms in total. The molecule has 0 aromatic carbocycles. The van der Waals surface area contributed by atoms with Crippen LogP contribution in [0.5, 0.6) is 0 Å². The number of nitrogens with zero attached hydrogens (tertiary/aromatic N) is 2. The van der Waals surface area contributed by atoms with Gasteiger partial charge >= 0.3 is 5.97 Å². The smallest absolute Gasteiger partial charge is 0.322 e. The van der Waals surface area contributed by atoms with E-state index >= 15 is 0 Å². The van der Waals surface area contributed by atoms with Crippen LogP contribution in [0.4, 0.5) is 0 Å². The van der Waals surface area contributed by atoms with Gasteiger partial charge in [0.25, 0.3) is 0 Å². The molecule has 8 heteroatoms. The van der Waals surface area contributed by atoms with Crippen LogP contribution in [0.3, 0.4) is 0 Å². The molecular weight excluding hydrogens is 344 g/mol. The first-order chi connectivity index (χ1) is 11.9. The molecule has 2 saturated heterocycles. The predicted octanol–water partition coefficient (Wildman–Crippen LogP) is 1.44. The average Bonchev–Trinajstić information content (AvgIpc) is 3.16. The molecule has 3 rings (SSSR count). The number of rotatable bonds is 4. The van der Waals surface area contributed by atoms with Gasteiger partial charge in [0, 0.05) is 25.6 Å². The van der Waals surface area contributed by atoms with Gasteiger partial charge in [0.15, 0.2) is 0 Å². The molecule has 3 fully saturated rings. The molecule has 0 bridgehead atoms. The second kappa shape index (κ2) is 7.61. The Hall–Kier alpha value is -1.15. The Bertz CT molecular complexity index is 615. The number of sulfonamides is 1. The van der Waals surface area contributed by atoms with Crippen LogP contribution in [0.1, 0.15) is 57.8 Å². The van der Waals surface area contributed by atoms with E-state index in [4.69, 9.17) is 0 Å². The summed E-state index contributed by atoms with van der Waals surface area (Å²) >= 11 is 0. The highest BCUT2D eigenvalue weighted by atomic mass is 32.2. The van der Waals surface area contributed by atoms with E-state index in [9.17, 15) is 23.1 Å². The fraction of sp³-hybridized carbons (Fsp3) is 0.882. The summed E-state index contributed by atoms with van der Waals surface area (Å²) in [7, 11) is -3.71. The summed E-state index contributed by atoms with van der Waals surface area (Å²) in [6, 6.07) is -0.959. The Morgan fingerprint density at radius 3 is 2.24 bits per heavy atom. The Balaban J connectivity index is 1.72. The van der Waals surface area contributed by atoms with Crippen LogP contribution < -0.4 is 0 Å². The standard InChI is InChI=1S/C17H28N2O5S/c20-16(13-6-1-2-7-13)18-10-5-8-14(12-18)25(23,24)19-11-4-3-9-15(19)17(21)22/h13-15H,1-12H2,(H,21,22). The molecule has 0 spiro atoms. The zero-order valence-corrected chi connectivity index (χ0v) is 15.4. The van der Waals surface area contributed by atoms with Crippen molar-refractivity contribution in [1.29, 1.82) is 0 Å². The third-order valence-corrected chi connectivity index (χ3v) is 8.20. The zero-order chi connectivity index (χ0) is 18.0. The molecule has 0 aromatic rings. The number of aliphatic carboxylic acids is 1. The van der Waals surface area contributed by atoms with Crippen molar-refractivity contribution in [2.45, 2.75) is 69.1 Å². The van der Waals surface area contributed by atoms with E-state index in [1.54, 1.807) is 4.90 Å². The summed E-state index contributed by atoms with van der Waals surface area (Å²) in [5.74, 6) is -0.938. The number of carbonyl (C=O) groups excluding carboxylic acids is 1. The fourth-order valence-electron chi connectivity index (χ4n) is 4.46. The number of carbonyl (C=O) groups is 2. The van der Waals surface area contributed by atoms with Gasteiger partial charge in [-0.05, 0) is 44.9 Å². The van der Waals surface area contributed by atoms with Crippen LogP contribution in [0.25, 0.3) is 0 Å². The molecule has 25 heavy (non-hydrogen) atoms. The highest BCUT2D eigenvalue weighted by Gasteiger charge is 2.43. The number of piperidine rings is 2. The van der Waals surface area contributed by atoms with Crippen LogP contribution in [0, 0.1) is 5.92 Å². The van der Waals surface area contributed by atoms with Gasteiger partial charge in [0.2, 0.25) is 15.9 Å². The van der Waals surface area contributed by atoms with Crippen LogP contribution in [0.15, 0.2) is 0 Å². The summed E-state index contributed by atoms with van der Waals surface area (Å²) in [4.78, 5) is 25.8. The molecule has 0 radical (unpaired) electrons. The van der Waals surface area contributed by atoms with Crippen molar-refractivity contribution in [3.05, 3.63) is 0 Å². The largest absolute Gasteiger partial charge is 0.480 e. The molecule has 1 aliphatic carbocycles. The van der Waals surface area contributed by atoms with Crippen molar-refractivity contribution < 1.29 is 23.1 Å². The number of carboxylic acid groups (broad SMARTS) is 1. The first-order valence-electron chi connectivity index (χ1n) is 9.43. The van der Waals surface area contributed by atoms with Gasteiger partial charge < -0.3 is 10.0 Å². The first kappa shape index (κ1) is 18.6. The predicted molar refractivity (Wildman–Crippen MR) is 92.5 cm³/mol. The van der Waals surface area contributed by atoms with Crippen molar-refractivity contribution in [3.8, 4) is 0 Å². The second-order valence-corrected chi connectivity index (χ2v) is 9.70. The minimum absolute atomic E-state index is 0.0446. The monoisotopic (exact) mass is 372 g/mol. The highest BCUT2D eigenvalue weighted by molar-refractivity contribution is 7.89. The number of likely N-dealkylation sites (tertiary alicyclic amines) is 1. The molecule has 2 aliphatic heterocycles. The van der Waals surface area contributed by atoms with Crippen molar-refractivity contribution in [2.75, 3.05) is 19.6 Å². The summed E-state index contributed by atoms with van der Waals surface area (Å²) < 4.78 is 27.3. The van der Waals surface area contributed by atoms with Gasteiger partial charge in [-0.15, -0.1) is 0 Å². The van der Waals surface area contributed by atoms with E-state index in [1.807, 2.05) is 0 Å². The summed E-state index contributed by atoms with van der Waals surface area (Å²) in [6.07, 6.45) is 6.90. The lowest BCUT2D eigenvalue weighted by Gasteiger charge is -2.39. The third-order valence-electron chi connectivity index (χ3n) is 5.88. The third kappa shape index (κ3) is 3.84. The molecule has 2 atom stereocenters. The molecule has 1 N–H and O–H groups in total. The van der Waals surface area contributed by atoms with Gasteiger partial charge in [-0.3, -0.25) is 9.59 Å². The summed E-state index contributed by atoms with van der Waals surface area (Å²) in [5.41, 5.74) is 0. The van der Waals surface area contributed by atoms with E-state index in [0.29, 0.717) is 32.2 Å². The van der Waals surface area contributed by atoms with Crippen LogP contribution in [0.2, 0.25) is 0 Å². The van der Waals surface area contributed by atoms with Crippen molar-refractivity contribution in [3.63, 3.8) is 0 Å². The van der Waals surface area contributed by atoms with Crippen LogP contribution >= 0.6 is 0 Å². The minimum atomic E-state index is -3.71. The minimum Gasteiger partial charge on any atom is -0.480 e. The molecule has 142 valence electrons. The van der Waals surface area contributed by atoms with Crippen molar-refractivity contribution >= 4 is 21.9 Å². The number of hydrogen-bond donors (Lipinski definition) is 1. The van der Waals surface area contributed by atoms with Crippen LogP contribution in [-0.2, 0) is 19.6 Å². The normalized spacial score (nSPS) is 29.7. The van der Waals surface area contributed by atoms with Gasteiger partial charge in [-0.2, -0.15) is 4.31 Å². The molecule has 0 aromatic heterocycles. The maximum absolute atomic E-state index is 13.1. The Morgan fingerprint density at radius 2 is 1.56 bits per heavy atom. The van der Waals surface area contributed by atoms with E-state index in [1.165, 1.54) is 4.31 Å². The maximum atomic E-state index is 13.1. The quantitative estimate of drug-likeness (QED) is 0.806. The first-order valence-corrected chi connectivity index (χ1v) is 10.9. The average molecular weight is 372 g/mol. The Kier molecular flexibility index (Phi) is 5.68. The molecule has 2 heterocycles. The van der Waals surface area contributed by atoms with E-state index < -0.39 is 27.3 Å².